The number of ether oxygens (including phenoxy) is 2. The Morgan fingerprint density at radius 2 is 1.85 bits per heavy atom. The lowest BCUT2D eigenvalue weighted by molar-refractivity contribution is 0.0231. The van der Waals surface area contributed by atoms with Gasteiger partial charge in [-0.3, -0.25) is 9.69 Å². The average Bonchev–Trinajstić information content (AvgIpc) is 2.98. The molecule has 1 atom stereocenters. The average molecular weight is 529 g/mol. The van der Waals surface area contributed by atoms with E-state index in [1.54, 1.807) is 13.1 Å². The van der Waals surface area contributed by atoms with E-state index in [-0.39, 0.29) is 5.91 Å². The largest absolute Gasteiger partial charge is 0.489 e. The summed E-state index contributed by atoms with van der Waals surface area (Å²) in [7, 11) is 1.63. The lowest BCUT2D eigenvalue weighted by Crippen LogP contribution is -2.59. The molecule has 0 spiro atoms. The number of carbonyl (C=O) groups is 1. The van der Waals surface area contributed by atoms with Gasteiger partial charge in [-0.1, -0.05) is 12.1 Å². The number of hydrogen-bond acceptors (Lipinski definition) is 8. The molecule has 0 aliphatic carbocycles. The topological polar surface area (TPSA) is 91.0 Å². The molecule has 2 aromatic carbocycles. The summed E-state index contributed by atoms with van der Waals surface area (Å²) in [4.78, 5) is 22.0. The monoisotopic (exact) mass is 528 g/mol. The number of hydrogen-bond donors (Lipinski definition) is 3. The van der Waals surface area contributed by atoms with Crippen LogP contribution in [0.25, 0.3) is 0 Å². The molecule has 3 N–H and O–H groups in total. The van der Waals surface area contributed by atoms with Crippen molar-refractivity contribution in [3.05, 3.63) is 65.9 Å². The number of anilines is 5. The summed E-state index contributed by atoms with van der Waals surface area (Å²) in [5.41, 5.74) is 5.26. The number of fused-ring (bicyclic) bond motifs is 3. The second-order valence-electron chi connectivity index (χ2n) is 10.4. The Bertz CT molecular complexity index is 1340. The summed E-state index contributed by atoms with van der Waals surface area (Å²) in [6, 6.07) is 16.7. The van der Waals surface area contributed by atoms with E-state index < -0.39 is 0 Å². The van der Waals surface area contributed by atoms with Gasteiger partial charge >= 0.3 is 0 Å². The van der Waals surface area contributed by atoms with Crippen LogP contribution in [-0.2, 0) is 4.74 Å². The van der Waals surface area contributed by atoms with Crippen LogP contribution in [0.15, 0.2) is 54.7 Å². The van der Waals surface area contributed by atoms with Crippen LogP contribution >= 0.6 is 0 Å². The standard InChI is InChI=1S/C30H36N6O3/c1-20-17-32-29(16-26(20)34-25-6-4-3-5-24(25)30(37)31-2)33-21-7-8-27-28(15-21)39-19-23-18-35(11-12-36(23)27)22-9-13-38-14-10-22/h3-8,15-17,22-23H,9-14,18-19H2,1-2H3,(H,31,37)(H2,32,33,34)/t23-/m0/s1. The molecule has 0 unspecified atom stereocenters. The first-order valence-corrected chi connectivity index (χ1v) is 13.8. The van der Waals surface area contributed by atoms with Crippen molar-refractivity contribution in [2.45, 2.75) is 31.8 Å². The lowest BCUT2D eigenvalue weighted by atomic mass is 10.0. The summed E-state index contributed by atoms with van der Waals surface area (Å²) in [5.74, 6) is 1.48. The van der Waals surface area contributed by atoms with Gasteiger partial charge < -0.3 is 30.3 Å². The Hall–Kier alpha value is -3.82. The fourth-order valence-corrected chi connectivity index (χ4v) is 5.80. The molecule has 3 aliphatic heterocycles. The van der Waals surface area contributed by atoms with Gasteiger partial charge in [-0.05, 0) is 49.6 Å². The molecule has 4 heterocycles. The van der Waals surface area contributed by atoms with Crippen molar-refractivity contribution < 1.29 is 14.3 Å². The third-order valence-electron chi connectivity index (χ3n) is 7.97. The molecule has 1 amide bonds. The number of benzene rings is 2. The Kier molecular flexibility index (Phi) is 7.26. The van der Waals surface area contributed by atoms with E-state index in [0.29, 0.717) is 30.1 Å². The van der Waals surface area contributed by atoms with E-state index in [1.165, 1.54) is 0 Å². The minimum atomic E-state index is -0.135. The molecular formula is C30H36N6O3. The predicted molar refractivity (Wildman–Crippen MR) is 154 cm³/mol. The Morgan fingerprint density at radius 1 is 1.00 bits per heavy atom. The van der Waals surface area contributed by atoms with E-state index >= 15 is 0 Å². The lowest BCUT2D eigenvalue weighted by Gasteiger charge is -2.48. The van der Waals surface area contributed by atoms with E-state index in [9.17, 15) is 4.79 Å². The summed E-state index contributed by atoms with van der Waals surface area (Å²) in [5, 5.41) is 9.54. The quantitative estimate of drug-likeness (QED) is 0.436. The zero-order valence-electron chi connectivity index (χ0n) is 22.6. The van der Waals surface area contributed by atoms with Crippen LogP contribution < -0.4 is 25.6 Å². The van der Waals surface area contributed by atoms with Crippen molar-refractivity contribution >= 4 is 34.5 Å². The van der Waals surface area contributed by atoms with Crippen molar-refractivity contribution in [1.82, 2.24) is 15.2 Å². The van der Waals surface area contributed by atoms with Crippen LogP contribution in [0, 0.1) is 6.92 Å². The maximum Gasteiger partial charge on any atom is 0.253 e. The maximum absolute atomic E-state index is 12.3. The molecule has 3 aliphatic rings. The molecule has 39 heavy (non-hydrogen) atoms. The molecule has 204 valence electrons. The summed E-state index contributed by atoms with van der Waals surface area (Å²) in [6.07, 6.45) is 4.08. The second kappa shape index (κ2) is 11.1. The fourth-order valence-electron chi connectivity index (χ4n) is 5.80. The first-order valence-electron chi connectivity index (χ1n) is 13.8. The minimum absolute atomic E-state index is 0.135. The molecule has 0 bridgehead atoms. The Labute approximate surface area is 229 Å². The number of aryl methyl sites for hydroxylation is 1. The van der Waals surface area contributed by atoms with Gasteiger partial charge in [-0.2, -0.15) is 0 Å². The molecule has 3 aromatic rings. The number of nitrogens with zero attached hydrogens (tertiary/aromatic N) is 3. The highest BCUT2D eigenvalue weighted by molar-refractivity contribution is 6.00. The summed E-state index contributed by atoms with van der Waals surface area (Å²) >= 11 is 0. The van der Waals surface area contributed by atoms with Crippen LogP contribution in [0.5, 0.6) is 5.75 Å². The molecule has 6 rings (SSSR count). The second-order valence-corrected chi connectivity index (χ2v) is 10.4. The van der Waals surface area contributed by atoms with Crippen molar-refractivity contribution in [2.24, 2.45) is 0 Å². The number of amides is 1. The van der Waals surface area contributed by atoms with Gasteiger partial charge in [-0.25, -0.2) is 4.98 Å². The number of nitrogens with one attached hydrogen (secondary N) is 3. The molecule has 9 heteroatoms. The first kappa shape index (κ1) is 25.5. The number of para-hydroxylation sites is 1. The zero-order chi connectivity index (χ0) is 26.8. The third-order valence-corrected chi connectivity index (χ3v) is 7.97. The van der Waals surface area contributed by atoms with Crippen LogP contribution in [0.1, 0.15) is 28.8 Å². The van der Waals surface area contributed by atoms with Gasteiger partial charge in [-0.15, -0.1) is 0 Å². The van der Waals surface area contributed by atoms with E-state index in [4.69, 9.17) is 9.47 Å². The van der Waals surface area contributed by atoms with Gasteiger partial charge in [0.1, 0.15) is 18.2 Å². The zero-order valence-corrected chi connectivity index (χ0v) is 22.6. The first-order chi connectivity index (χ1) is 19.1. The van der Waals surface area contributed by atoms with Gasteiger partial charge in [0.25, 0.3) is 5.91 Å². The van der Waals surface area contributed by atoms with Gasteiger partial charge in [0, 0.05) is 75.6 Å². The van der Waals surface area contributed by atoms with E-state index in [1.807, 2.05) is 37.4 Å². The molecular weight excluding hydrogens is 492 g/mol. The highest BCUT2D eigenvalue weighted by Crippen LogP contribution is 2.38. The normalized spacial score (nSPS) is 19.4. The number of rotatable bonds is 6. The fraction of sp³-hybridized carbons (Fsp3) is 0.400. The van der Waals surface area contributed by atoms with Crippen molar-refractivity contribution in [3.8, 4) is 5.75 Å². The number of pyridine rings is 1. The van der Waals surface area contributed by atoms with E-state index in [2.05, 4.69) is 48.9 Å². The molecule has 2 saturated heterocycles. The third kappa shape index (κ3) is 5.37. The maximum atomic E-state index is 12.3. The van der Waals surface area contributed by atoms with Gasteiger partial charge in [0.15, 0.2) is 0 Å². The van der Waals surface area contributed by atoms with Crippen molar-refractivity contribution in [3.63, 3.8) is 0 Å². The molecule has 0 radical (unpaired) electrons. The van der Waals surface area contributed by atoms with Gasteiger partial charge in [0.2, 0.25) is 0 Å². The van der Waals surface area contributed by atoms with Crippen LogP contribution in [0.4, 0.5) is 28.6 Å². The van der Waals surface area contributed by atoms with Gasteiger partial charge in [0.05, 0.1) is 23.0 Å². The number of carbonyl (C=O) groups excluding carboxylic acids is 1. The number of aromatic nitrogens is 1. The minimum Gasteiger partial charge on any atom is -0.489 e. The van der Waals surface area contributed by atoms with Crippen molar-refractivity contribution in [1.29, 1.82) is 0 Å². The van der Waals surface area contributed by atoms with Crippen molar-refractivity contribution in [2.75, 3.05) is 62.0 Å². The molecule has 0 saturated carbocycles. The Morgan fingerprint density at radius 3 is 2.69 bits per heavy atom. The Balaban J connectivity index is 1.15. The molecule has 9 nitrogen and oxygen atoms in total. The smallest absolute Gasteiger partial charge is 0.253 e. The summed E-state index contributed by atoms with van der Waals surface area (Å²) in [6.45, 7) is 7.56. The van der Waals surface area contributed by atoms with Crippen LogP contribution in [-0.4, -0.2) is 74.4 Å². The highest BCUT2D eigenvalue weighted by atomic mass is 16.5. The highest BCUT2D eigenvalue weighted by Gasteiger charge is 2.35. The number of piperazine rings is 1. The molecule has 1 aromatic heterocycles. The van der Waals surface area contributed by atoms with Crippen LogP contribution in [0.2, 0.25) is 0 Å². The predicted octanol–water partition coefficient (Wildman–Crippen LogP) is 4.30. The molecule has 2 fully saturated rings. The van der Waals surface area contributed by atoms with E-state index in [0.717, 1.165) is 79.8 Å². The summed E-state index contributed by atoms with van der Waals surface area (Å²) < 4.78 is 11.8. The SMILES string of the molecule is CNC(=O)c1ccccc1Nc1cc(Nc2ccc3c(c2)OC[C@@H]2CN(C4CCOCC4)CCN32)ncc1C. The van der Waals surface area contributed by atoms with Crippen LogP contribution in [0.3, 0.4) is 0 Å².